The van der Waals surface area contributed by atoms with Gasteiger partial charge in [0.2, 0.25) is 15.9 Å². The van der Waals surface area contributed by atoms with E-state index in [0.29, 0.717) is 6.54 Å². The molecule has 0 radical (unpaired) electrons. The van der Waals surface area contributed by atoms with Gasteiger partial charge < -0.3 is 10.6 Å². The molecule has 0 aliphatic rings. The highest BCUT2D eigenvalue weighted by Gasteiger charge is 2.14. The molecule has 0 spiro atoms. The summed E-state index contributed by atoms with van der Waals surface area (Å²) >= 11 is 3.26. The molecule has 8 heteroatoms. The topological polar surface area (TPSA) is 91.9 Å². The molecule has 1 rings (SSSR count). The van der Waals surface area contributed by atoms with Gasteiger partial charge in [-0.1, -0.05) is 15.9 Å². The van der Waals surface area contributed by atoms with Gasteiger partial charge in [-0.3, -0.25) is 4.79 Å². The molecule has 24 heavy (non-hydrogen) atoms. The minimum absolute atomic E-state index is 0.0817. The van der Waals surface area contributed by atoms with E-state index in [9.17, 15) is 13.2 Å². The maximum absolute atomic E-state index is 12.1. The highest BCUT2D eigenvalue weighted by molar-refractivity contribution is 9.10. The predicted octanol–water partition coefficient (Wildman–Crippen LogP) is 0.986. The summed E-state index contributed by atoms with van der Waals surface area (Å²) in [5.41, 5.74) is 0.190. The summed E-state index contributed by atoms with van der Waals surface area (Å²) in [4.78, 5) is 11.9. The van der Waals surface area contributed by atoms with E-state index < -0.39 is 10.0 Å². The molecule has 1 aromatic carbocycles. The lowest BCUT2D eigenvalue weighted by Crippen LogP contribution is -2.94. The average molecular weight is 421 g/mol. The summed E-state index contributed by atoms with van der Waals surface area (Å²) in [5, 5.41) is 5.03. The first-order valence-corrected chi connectivity index (χ1v) is 10.2. The number of nitrogens with two attached hydrogens (primary N) is 1. The van der Waals surface area contributed by atoms with E-state index in [-0.39, 0.29) is 29.3 Å². The van der Waals surface area contributed by atoms with Crippen LogP contribution in [0.4, 0.5) is 0 Å². The van der Waals surface area contributed by atoms with Gasteiger partial charge in [0.25, 0.3) is 0 Å². The van der Waals surface area contributed by atoms with Crippen LogP contribution >= 0.6 is 15.9 Å². The minimum atomic E-state index is -3.57. The van der Waals surface area contributed by atoms with Gasteiger partial charge in [0.05, 0.1) is 17.0 Å². The molecule has 1 aromatic rings. The van der Waals surface area contributed by atoms with Crippen LogP contribution < -0.4 is 15.4 Å². The highest BCUT2D eigenvalue weighted by Crippen LogP contribution is 2.14. The van der Waals surface area contributed by atoms with Crippen molar-refractivity contribution < 1.29 is 18.5 Å². The van der Waals surface area contributed by atoms with E-state index in [1.54, 1.807) is 12.1 Å². The molecule has 0 saturated heterocycles. The second-order valence-corrected chi connectivity index (χ2v) is 9.35. The van der Waals surface area contributed by atoms with Crippen molar-refractivity contribution in [2.75, 3.05) is 19.6 Å². The lowest BCUT2D eigenvalue weighted by molar-refractivity contribution is -0.717. The number of hydrogen-bond donors (Lipinski definition) is 3. The fourth-order valence-electron chi connectivity index (χ4n) is 1.95. The minimum Gasteiger partial charge on any atom is -0.356 e. The number of carbonyl (C=O) groups is 1. The van der Waals surface area contributed by atoms with Crippen LogP contribution in [-0.4, -0.2) is 39.5 Å². The monoisotopic (exact) mass is 420 g/mol. The normalized spacial score (nSPS) is 12.2. The summed E-state index contributed by atoms with van der Waals surface area (Å²) in [6.07, 6.45) is 1.01. The van der Waals surface area contributed by atoms with Gasteiger partial charge >= 0.3 is 0 Å². The number of benzene rings is 1. The average Bonchev–Trinajstić information content (AvgIpc) is 2.46. The molecule has 0 aliphatic carbocycles. The number of halogens is 1. The van der Waals surface area contributed by atoms with Crippen molar-refractivity contribution >= 4 is 31.9 Å². The Labute approximate surface area is 153 Å². The quantitative estimate of drug-likeness (QED) is 0.520. The van der Waals surface area contributed by atoms with Crippen molar-refractivity contribution in [3.63, 3.8) is 0 Å². The van der Waals surface area contributed by atoms with Crippen molar-refractivity contribution in [1.82, 2.24) is 10.0 Å². The number of amides is 1. The van der Waals surface area contributed by atoms with Crippen LogP contribution in [0.3, 0.4) is 0 Å². The molecule has 6 nitrogen and oxygen atoms in total. The largest absolute Gasteiger partial charge is 0.356 e. The summed E-state index contributed by atoms with van der Waals surface area (Å²) in [5.74, 6) is -0.149. The first kappa shape index (κ1) is 21.1. The van der Waals surface area contributed by atoms with E-state index in [4.69, 9.17) is 0 Å². The summed E-state index contributed by atoms with van der Waals surface area (Å²) in [6, 6.07) is 6.35. The van der Waals surface area contributed by atoms with Crippen LogP contribution in [0, 0.1) is 0 Å². The first-order valence-electron chi connectivity index (χ1n) is 7.96. The molecule has 0 atom stereocenters. The van der Waals surface area contributed by atoms with Crippen LogP contribution in [0.2, 0.25) is 0 Å². The maximum Gasteiger partial charge on any atom is 0.240 e. The lowest BCUT2D eigenvalue weighted by Gasteiger charge is -2.16. The lowest BCUT2D eigenvalue weighted by atomic mass is 10.1. The van der Waals surface area contributed by atoms with Gasteiger partial charge in [-0.25, -0.2) is 13.1 Å². The van der Waals surface area contributed by atoms with Crippen molar-refractivity contribution in [2.45, 2.75) is 44.0 Å². The smallest absolute Gasteiger partial charge is 0.240 e. The highest BCUT2D eigenvalue weighted by atomic mass is 79.9. The Morgan fingerprint density at radius 2 is 1.79 bits per heavy atom. The Hall–Kier alpha value is -0.960. The van der Waals surface area contributed by atoms with Gasteiger partial charge in [0.15, 0.2) is 0 Å². The van der Waals surface area contributed by atoms with Crippen LogP contribution in [0.1, 0.15) is 33.6 Å². The molecule has 0 aliphatic heterocycles. The molecule has 4 N–H and O–H groups in total. The molecule has 0 aromatic heterocycles. The first-order chi connectivity index (χ1) is 11.1. The second kappa shape index (κ2) is 9.50. The van der Waals surface area contributed by atoms with Gasteiger partial charge in [-0.05, 0) is 45.0 Å². The van der Waals surface area contributed by atoms with Crippen LogP contribution in [-0.2, 0) is 14.8 Å². The van der Waals surface area contributed by atoms with Gasteiger partial charge in [0.1, 0.15) is 0 Å². The zero-order chi connectivity index (χ0) is 18.2. The van der Waals surface area contributed by atoms with Crippen molar-refractivity contribution in [2.24, 2.45) is 0 Å². The summed E-state index contributed by atoms with van der Waals surface area (Å²) < 4.78 is 27.4. The number of sulfonamides is 1. The number of rotatable bonds is 9. The Kier molecular flexibility index (Phi) is 8.35. The standard InChI is InChI=1S/C16H26BrN3O3S/c1-16(2,3)19-11-4-10-18-15(21)9-12-20-24(22,23)14-7-5-13(17)6-8-14/h5-8,19-20H,4,9-12H2,1-3H3,(H,18,21)/p+1. The fourth-order valence-corrected chi connectivity index (χ4v) is 3.25. The van der Waals surface area contributed by atoms with Crippen LogP contribution in [0.15, 0.2) is 33.6 Å². The third-order valence-electron chi connectivity index (χ3n) is 3.23. The second-order valence-electron chi connectivity index (χ2n) is 6.66. The molecule has 0 bridgehead atoms. The fraction of sp³-hybridized carbons (Fsp3) is 0.562. The zero-order valence-corrected chi connectivity index (χ0v) is 16.8. The van der Waals surface area contributed by atoms with Crippen molar-refractivity contribution in [1.29, 1.82) is 0 Å². The van der Waals surface area contributed by atoms with Crippen LogP contribution in [0.25, 0.3) is 0 Å². The number of hydrogen-bond acceptors (Lipinski definition) is 3. The molecule has 0 unspecified atom stereocenters. The molecule has 136 valence electrons. The van der Waals surface area contributed by atoms with Gasteiger partial charge in [-0.2, -0.15) is 0 Å². The molecule has 0 heterocycles. The maximum atomic E-state index is 12.1. The van der Waals surface area contributed by atoms with Crippen molar-refractivity contribution in [3.05, 3.63) is 28.7 Å². The molecular formula is C16H27BrN3O3S+. The third kappa shape index (κ3) is 8.77. The third-order valence-corrected chi connectivity index (χ3v) is 5.23. The van der Waals surface area contributed by atoms with E-state index >= 15 is 0 Å². The SMILES string of the molecule is CC(C)(C)[NH2+]CCCNC(=O)CCNS(=O)(=O)c1ccc(Br)cc1. The molecule has 0 saturated carbocycles. The van der Waals surface area contributed by atoms with E-state index in [1.807, 2.05) is 0 Å². The zero-order valence-electron chi connectivity index (χ0n) is 14.4. The van der Waals surface area contributed by atoms with Crippen LogP contribution in [0.5, 0.6) is 0 Å². The van der Waals surface area contributed by atoms with Crippen molar-refractivity contribution in [3.8, 4) is 0 Å². The number of quaternary nitrogens is 1. The van der Waals surface area contributed by atoms with E-state index in [0.717, 1.165) is 17.4 Å². The number of carbonyl (C=O) groups excluding carboxylic acids is 1. The van der Waals surface area contributed by atoms with Gasteiger partial charge in [0, 0.05) is 30.4 Å². The Balaban J connectivity index is 2.24. The van der Waals surface area contributed by atoms with E-state index in [1.165, 1.54) is 12.1 Å². The molecule has 1 amide bonds. The predicted molar refractivity (Wildman–Crippen MR) is 98.1 cm³/mol. The number of nitrogens with one attached hydrogen (secondary N) is 2. The molecule has 0 fully saturated rings. The summed E-state index contributed by atoms with van der Waals surface area (Å²) in [6.45, 7) is 8.05. The Morgan fingerprint density at radius 3 is 2.38 bits per heavy atom. The van der Waals surface area contributed by atoms with Gasteiger partial charge in [-0.15, -0.1) is 0 Å². The Bertz CT molecular complexity index is 625. The molecular weight excluding hydrogens is 394 g/mol. The van der Waals surface area contributed by atoms with E-state index in [2.05, 4.69) is 52.1 Å². The summed E-state index contributed by atoms with van der Waals surface area (Å²) in [7, 11) is -3.57. The Morgan fingerprint density at radius 1 is 1.17 bits per heavy atom.